The molecule has 0 saturated heterocycles. The van der Waals surface area contributed by atoms with Gasteiger partial charge in [-0.25, -0.2) is 0 Å². The molecular weight excluding hydrogens is 394 g/mol. The fourth-order valence-corrected chi connectivity index (χ4v) is 6.06. The second-order valence-electron chi connectivity index (χ2n) is 8.51. The van der Waals surface area contributed by atoms with Gasteiger partial charge in [0, 0.05) is 38.7 Å². The number of benzene rings is 4. The van der Waals surface area contributed by atoms with Gasteiger partial charge in [-0.15, -0.1) is 11.3 Å². The molecule has 6 aromatic rings. The van der Waals surface area contributed by atoms with Crippen LogP contribution in [0.3, 0.4) is 0 Å². The summed E-state index contributed by atoms with van der Waals surface area (Å²) in [5.41, 5.74) is 4.33. The van der Waals surface area contributed by atoms with Gasteiger partial charge in [-0.2, -0.15) is 0 Å². The number of rotatable bonds is 2. The lowest BCUT2D eigenvalue weighted by Gasteiger charge is -2.09. The first-order chi connectivity index (χ1) is 15.4. The molecule has 0 amide bonds. The van der Waals surface area contributed by atoms with Gasteiger partial charge in [0.15, 0.2) is 0 Å². The minimum Gasteiger partial charge on any atom is -0.256 e. The van der Waals surface area contributed by atoms with Crippen molar-refractivity contribution in [1.82, 2.24) is 4.98 Å². The third-order valence-corrected chi connectivity index (χ3v) is 7.51. The number of pyridine rings is 1. The average molecular weight is 419 g/mol. The van der Waals surface area contributed by atoms with Crippen LogP contribution in [0.4, 0.5) is 0 Å². The number of hydrogen-bond donors (Lipinski definition) is 0. The zero-order valence-corrected chi connectivity index (χ0v) is 18.7. The Hall–Kier alpha value is -3.23. The normalized spacial score (nSPS) is 12.8. The first kappa shape index (κ1) is 17.5. The lowest BCUT2D eigenvalue weighted by atomic mass is 9.95. The molecule has 0 aliphatic heterocycles. The molecule has 0 unspecified atom stereocenters. The maximum absolute atomic E-state index is 8.46. The van der Waals surface area contributed by atoms with Gasteiger partial charge in [0.2, 0.25) is 0 Å². The van der Waals surface area contributed by atoms with E-state index >= 15 is 0 Å². The van der Waals surface area contributed by atoms with Crippen LogP contribution in [0.2, 0.25) is 0 Å². The number of thiophene rings is 1. The predicted octanol–water partition coefficient (Wildman–Crippen LogP) is 8.85. The zero-order valence-electron chi connectivity index (χ0n) is 18.9. The maximum Gasteiger partial charge on any atom is 0.0719 e. The summed E-state index contributed by atoms with van der Waals surface area (Å²) in [7, 11) is 0. The molecule has 6 rings (SSSR count). The third kappa shape index (κ3) is 2.79. The van der Waals surface area contributed by atoms with E-state index in [1.54, 1.807) is 0 Å². The van der Waals surface area contributed by atoms with Crippen molar-refractivity contribution in [3.63, 3.8) is 0 Å². The number of nitrogens with zero attached hydrogens (tertiary/aromatic N) is 1. The summed E-state index contributed by atoms with van der Waals surface area (Å²) in [6.07, 6.45) is 1.83. The molecule has 0 saturated carbocycles. The fraction of sp³-hybridized carbons (Fsp3) is 0.138. The molecule has 2 heterocycles. The highest BCUT2D eigenvalue weighted by molar-refractivity contribution is 7.27. The molecule has 4 aromatic carbocycles. The van der Waals surface area contributed by atoms with Crippen LogP contribution in [0, 0.1) is 6.92 Å². The Bertz CT molecular complexity index is 1670. The zero-order chi connectivity index (χ0) is 22.0. The number of aryl methyl sites for hydroxylation is 1. The summed E-state index contributed by atoms with van der Waals surface area (Å²) >= 11 is 1.86. The van der Waals surface area contributed by atoms with Crippen molar-refractivity contribution in [2.24, 2.45) is 0 Å². The summed E-state index contributed by atoms with van der Waals surface area (Å²) in [5, 5.41) is 7.84. The minimum atomic E-state index is -0.657. The van der Waals surface area contributed by atoms with Gasteiger partial charge in [0.1, 0.15) is 0 Å². The van der Waals surface area contributed by atoms with E-state index in [1.807, 2.05) is 37.4 Å². The van der Waals surface area contributed by atoms with E-state index in [-0.39, 0.29) is 0 Å². The van der Waals surface area contributed by atoms with Crippen molar-refractivity contribution in [2.75, 3.05) is 0 Å². The summed E-state index contributed by atoms with van der Waals surface area (Å²) in [5.74, 6) is -0.657. The average Bonchev–Trinajstić information content (AvgIpc) is 3.18. The first-order valence-corrected chi connectivity index (χ1v) is 11.5. The molecule has 2 aromatic heterocycles. The van der Waals surface area contributed by atoms with E-state index in [2.05, 4.69) is 73.7 Å². The van der Waals surface area contributed by atoms with Crippen LogP contribution in [-0.4, -0.2) is 4.98 Å². The van der Waals surface area contributed by atoms with E-state index in [4.69, 9.17) is 6.35 Å². The maximum atomic E-state index is 8.46. The quantitative estimate of drug-likeness (QED) is 0.256. The van der Waals surface area contributed by atoms with E-state index in [0.29, 0.717) is 0 Å². The standard InChI is InChI=1S/C29H23NS/c1-17(2)19-13-14-30-26(16-19)23-9-6-10-24-27-21-8-5-4-7-20(21)25-15-18(3)11-12-22(25)29(27)31-28(23)24/h4-17H,1-3H3/i17D. The van der Waals surface area contributed by atoms with E-state index in [9.17, 15) is 0 Å². The van der Waals surface area contributed by atoms with Gasteiger partial charge in [0.25, 0.3) is 0 Å². The highest BCUT2D eigenvalue weighted by atomic mass is 32.1. The molecule has 0 spiro atoms. The van der Waals surface area contributed by atoms with Crippen LogP contribution in [-0.2, 0) is 0 Å². The summed E-state index contributed by atoms with van der Waals surface area (Å²) in [6.45, 7) is 6.01. The Morgan fingerprint density at radius 2 is 1.58 bits per heavy atom. The number of fused-ring (bicyclic) bond motifs is 8. The molecule has 0 bridgehead atoms. The van der Waals surface area contributed by atoms with Crippen molar-refractivity contribution < 1.29 is 1.37 Å². The van der Waals surface area contributed by atoms with Crippen molar-refractivity contribution in [1.29, 1.82) is 0 Å². The van der Waals surface area contributed by atoms with Crippen LogP contribution in [0.5, 0.6) is 0 Å². The fourth-order valence-electron chi connectivity index (χ4n) is 4.68. The van der Waals surface area contributed by atoms with Crippen LogP contribution >= 0.6 is 11.3 Å². The van der Waals surface area contributed by atoms with Crippen molar-refractivity contribution >= 4 is 53.1 Å². The Morgan fingerprint density at radius 1 is 0.774 bits per heavy atom. The second-order valence-corrected chi connectivity index (χ2v) is 9.53. The van der Waals surface area contributed by atoms with Gasteiger partial charge in [0.05, 0.1) is 5.69 Å². The van der Waals surface area contributed by atoms with Crippen molar-refractivity contribution in [2.45, 2.75) is 26.7 Å². The largest absolute Gasteiger partial charge is 0.256 e. The molecule has 31 heavy (non-hydrogen) atoms. The van der Waals surface area contributed by atoms with Crippen LogP contribution in [0.15, 0.2) is 79.0 Å². The van der Waals surface area contributed by atoms with Crippen LogP contribution < -0.4 is 0 Å². The van der Waals surface area contributed by atoms with Crippen molar-refractivity contribution in [3.8, 4) is 11.3 Å². The smallest absolute Gasteiger partial charge is 0.0719 e. The van der Waals surface area contributed by atoms with E-state index in [1.165, 1.54) is 47.3 Å². The van der Waals surface area contributed by atoms with Gasteiger partial charge in [-0.05, 0) is 46.7 Å². The van der Waals surface area contributed by atoms with E-state index < -0.39 is 5.89 Å². The molecule has 0 fully saturated rings. The van der Waals surface area contributed by atoms with Gasteiger partial charge in [-0.3, -0.25) is 4.98 Å². The van der Waals surface area contributed by atoms with E-state index in [0.717, 1.165) is 16.8 Å². The molecule has 150 valence electrons. The van der Waals surface area contributed by atoms with Crippen LogP contribution in [0.25, 0.3) is 53.0 Å². The minimum absolute atomic E-state index is 0.657. The molecule has 0 aliphatic carbocycles. The Balaban J connectivity index is 1.77. The van der Waals surface area contributed by atoms with Crippen molar-refractivity contribution in [3.05, 3.63) is 90.1 Å². The lowest BCUT2D eigenvalue weighted by Crippen LogP contribution is -1.90. The molecule has 0 radical (unpaired) electrons. The Morgan fingerprint density at radius 3 is 2.42 bits per heavy atom. The molecule has 0 aliphatic rings. The summed E-state index contributed by atoms with van der Waals surface area (Å²) < 4.78 is 11.0. The Labute approximate surface area is 187 Å². The molecule has 0 atom stereocenters. The summed E-state index contributed by atoms with van der Waals surface area (Å²) in [4.78, 5) is 4.70. The van der Waals surface area contributed by atoms with Gasteiger partial charge >= 0.3 is 0 Å². The first-order valence-electron chi connectivity index (χ1n) is 11.1. The number of hydrogen-bond acceptors (Lipinski definition) is 2. The lowest BCUT2D eigenvalue weighted by molar-refractivity contribution is 0.864. The molecule has 2 heteroatoms. The number of aromatic nitrogens is 1. The summed E-state index contributed by atoms with van der Waals surface area (Å²) in [6, 6.07) is 26.1. The molecule has 0 N–H and O–H groups in total. The SMILES string of the molecule is [2H]C(C)(C)c1ccnc(-c2cccc3c2sc2c4ccc(C)cc4c4ccccc4c32)c1. The molecule has 1 nitrogen and oxygen atoms in total. The van der Waals surface area contributed by atoms with Gasteiger partial charge < -0.3 is 0 Å². The molecular formula is C29H23NS. The third-order valence-electron chi connectivity index (χ3n) is 6.24. The Kier molecular flexibility index (Phi) is 3.88. The topological polar surface area (TPSA) is 12.9 Å². The highest BCUT2D eigenvalue weighted by Gasteiger charge is 2.17. The van der Waals surface area contributed by atoms with Crippen LogP contribution in [0.1, 0.15) is 32.2 Å². The second kappa shape index (κ2) is 6.90. The monoisotopic (exact) mass is 418 g/mol. The van der Waals surface area contributed by atoms with Gasteiger partial charge in [-0.1, -0.05) is 80.1 Å². The highest BCUT2D eigenvalue weighted by Crippen LogP contribution is 2.46. The predicted molar refractivity (Wildman–Crippen MR) is 136 cm³/mol.